The fourth-order valence-electron chi connectivity index (χ4n) is 3.64. The minimum absolute atomic E-state index is 0.137. The number of para-hydroxylation sites is 1. The van der Waals surface area contributed by atoms with Crippen molar-refractivity contribution in [3.63, 3.8) is 0 Å². The lowest BCUT2D eigenvalue weighted by molar-refractivity contribution is -0.137. The van der Waals surface area contributed by atoms with Gasteiger partial charge in [-0.1, -0.05) is 29.8 Å². The third kappa shape index (κ3) is 2.48. The van der Waals surface area contributed by atoms with E-state index >= 15 is 0 Å². The highest BCUT2D eigenvalue weighted by Crippen LogP contribution is 2.33. The van der Waals surface area contributed by atoms with Crippen LogP contribution in [0.15, 0.2) is 48.5 Å². The van der Waals surface area contributed by atoms with Crippen LogP contribution in [0.1, 0.15) is 21.6 Å². The number of benzene rings is 2. The lowest BCUT2D eigenvalue weighted by atomic mass is 10.0. The van der Waals surface area contributed by atoms with Gasteiger partial charge in [0.1, 0.15) is 12.2 Å². The maximum atomic E-state index is 13.2. The summed E-state index contributed by atoms with van der Waals surface area (Å²) in [6, 6.07) is 15.4. The van der Waals surface area contributed by atoms with E-state index in [1.165, 1.54) is 0 Å². The molecule has 5 nitrogen and oxygen atoms in total. The van der Waals surface area contributed by atoms with Crippen LogP contribution in [-0.4, -0.2) is 28.1 Å². The number of hydrogen-bond acceptors (Lipinski definition) is 2. The van der Waals surface area contributed by atoms with Gasteiger partial charge in [-0.15, -0.1) is 0 Å². The fourth-order valence-corrected chi connectivity index (χ4v) is 3.64. The Morgan fingerprint density at radius 3 is 2.64 bits per heavy atom. The molecule has 1 N–H and O–H groups in total. The average molecular weight is 334 g/mol. The molecular weight excluding hydrogens is 316 g/mol. The van der Waals surface area contributed by atoms with E-state index in [-0.39, 0.29) is 12.5 Å². The Bertz CT molecular complexity index is 989. The Morgan fingerprint density at radius 1 is 1.16 bits per heavy atom. The highest BCUT2D eigenvalue weighted by atomic mass is 16.4. The monoisotopic (exact) mass is 334 g/mol. The summed E-state index contributed by atoms with van der Waals surface area (Å²) < 4.78 is 1.64. The van der Waals surface area contributed by atoms with Crippen LogP contribution in [0.5, 0.6) is 0 Å². The quantitative estimate of drug-likeness (QED) is 0.800. The van der Waals surface area contributed by atoms with E-state index in [4.69, 9.17) is 0 Å². The molecule has 1 aliphatic heterocycles. The normalized spacial score (nSPS) is 14.0. The van der Waals surface area contributed by atoms with Crippen LogP contribution in [0.25, 0.3) is 10.9 Å². The summed E-state index contributed by atoms with van der Waals surface area (Å²) in [4.78, 5) is 26.3. The largest absolute Gasteiger partial charge is 0.480 e. The molecule has 0 radical (unpaired) electrons. The fraction of sp³-hybridized carbons (Fsp3) is 0.200. The Balaban J connectivity index is 1.92. The Morgan fingerprint density at radius 2 is 1.92 bits per heavy atom. The Kier molecular flexibility index (Phi) is 3.57. The molecule has 2 heterocycles. The summed E-state index contributed by atoms with van der Waals surface area (Å²) in [5, 5.41) is 10.3. The summed E-state index contributed by atoms with van der Waals surface area (Å²) in [6.07, 6.45) is 0.711. The van der Waals surface area contributed by atoms with Gasteiger partial charge in [0.05, 0.1) is 0 Å². The number of carboxylic acid groups (broad SMARTS) is 1. The number of anilines is 1. The van der Waals surface area contributed by atoms with Crippen LogP contribution < -0.4 is 4.90 Å². The van der Waals surface area contributed by atoms with Crippen molar-refractivity contribution < 1.29 is 14.7 Å². The van der Waals surface area contributed by atoms with E-state index in [1.54, 1.807) is 9.47 Å². The highest BCUT2D eigenvalue weighted by Gasteiger charge is 2.32. The summed E-state index contributed by atoms with van der Waals surface area (Å²) in [5.41, 5.74) is 4.19. The minimum atomic E-state index is -0.954. The molecule has 25 heavy (non-hydrogen) atoms. The second-order valence-electron chi connectivity index (χ2n) is 6.37. The number of carbonyl (C=O) groups is 2. The number of rotatable bonds is 3. The molecule has 1 aromatic heterocycles. The predicted octanol–water partition coefficient (Wildman–Crippen LogP) is 3.24. The second kappa shape index (κ2) is 5.77. The summed E-state index contributed by atoms with van der Waals surface area (Å²) in [6.45, 7) is 2.38. The molecule has 0 unspecified atom stereocenters. The molecule has 1 amide bonds. The van der Waals surface area contributed by atoms with Crippen LogP contribution in [0, 0.1) is 6.92 Å². The lowest BCUT2D eigenvalue weighted by Gasteiger charge is -2.28. The molecule has 126 valence electrons. The molecule has 0 aliphatic carbocycles. The number of aliphatic carboxylic acids is 1. The van der Waals surface area contributed by atoms with Crippen molar-refractivity contribution >= 4 is 28.5 Å². The van der Waals surface area contributed by atoms with Gasteiger partial charge in [-0.05, 0) is 43.2 Å². The Labute approximate surface area is 145 Å². The van der Waals surface area contributed by atoms with Gasteiger partial charge in [0.2, 0.25) is 0 Å². The van der Waals surface area contributed by atoms with Gasteiger partial charge in [-0.3, -0.25) is 9.59 Å². The molecule has 0 spiro atoms. The van der Waals surface area contributed by atoms with Crippen LogP contribution in [0.2, 0.25) is 0 Å². The van der Waals surface area contributed by atoms with Crippen LogP contribution in [0.3, 0.4) is 0 Å². The van der Waals surface area contributed by atoms with Gasteiger partial charge in [0, 0.05) is 23.1 Å². The number of hydrogen-bond donors (Lipinski definition) is 1. The van der Waals surface area contributed by atoms with Gasteiger partial charge in [-0.25, -0.2) is 0 Å². The molecule has 5 heteroatoms. The first kappa shape index (κ1) is 15.4. The van der Waals surface area contributed by atoms with Crippen molar-refractivity contribution in [2.45, 2.75) is 19.9 Å². The van der Waals surface area contributed by atoms with E-state index in [2.05, 4.69) is 0 Å². The highest BCUT2D eigenvalue weighted by molar-refractivity contribution is 6.11. The third-order valence-electron chi connectivity index (χ3n) is 4.72. The number of nitrogens with zero attached hydrogens (tertiary/aromatic N) is 2. The summed E-state index contributed by atoms with van der Waals surface area (Å²) in [7, 11) is 0. The second-order valence-corrected chi connectivity index (χ2v) is 6.37. The molecule has 3 aromatic rings. The molecule has 0 saturated heterocycles. The molecule has 4 rings (SSSR count). The average Bonchev–Trinajstić information content (AvgIpc) is 2.89. The third-order valence-corrected chi connectivity index (χ3v) is 4.72. The standard InChI is InChI=1S/C20H18N2O3/c1-13-7-8-17-16(11-13)15-9-10-21(14-5-3-2-4-6-14)20(25)19(15)22(17)12-18(23)24/h2-8,11H,9-10,12H2,1H3,(H,23,24). The first-order chi connectivity index (χ1) is 12.1. The number of aromatic nitrogens is 1. The maximum Gasteiger partial charge on any atom is 0.323 e. The van der Waals surface area contributed by atoms with Crippen molar-refractivity contribution in [2.24, 2.45) is 0 Å². The van der Waals surface area contributed by atoms with E-state index in [0.29, 0.717) is 18.7 Å². The zero-order valence-corrected chi connectivity index (χ0v) is 13.9. The Hall–Kier alpha value is -3.08. The first-order valence-corrected chi connectivity index (χ1v) is 8.26. The smallest absolute Gasteiger partial charge is 0.323 e. The van der Waals surface area contributed by atoms with E-state index in [1.807, 2.05) is 55.5 Å². The zero-order valence-electron chi connectivity index (χ0n) is 13.9. The van der Waals surface area contributed by atoms with Gasteiger partial charge >= 0.3 is 5.97 Å². The number of fused-ring (bicyclic) bond motifs is 3. The van der Waals surface area contributed by atoms with Crippen molar-refractivity contribution in [3.05, 3.63) is 65.4 Å². The minimum Gasteiger partial charge on any atom is -0.480 e. The van der Waals surface area contributed by atoms with Gasteiger partial charge in [-0.2, -0.15) is 0 Å². The van der Waals surface area contributed by atoms with Crippen LogP contribution in [0.4, 0.5) is 5.69 Å². The number of amides is 1. The van der Waals surface area contributed by atoms with Crippen molar-refractivity contribution in [3.8, 4) is 0 Å². The topological polar surface area (TPSA) is 62.5 Å². The molecule has 1 aliphatic rings. The van der Waals surface area contributed by atoms with Crippen LogP contribution in [-0.2, 0) is 17.8 Å². The number of aryl methyl sites for hydroxylation is 1. The molecular formula is C20H18N2O3. The molecule has 0 saturated carbocycles. The zero-order chi connectivity index (χ0) is 17.6. The molecule has 0 bridgehead atoms. The van der Waals surface area contributed by atoms with Crippen LogP contribution >= 0.6 is 0 Å². The van der Waals surface area contributed by atoms with E-state index in [0.717, 1.165) is 27.7 Å². The van der Waals surface area contributed by atoms with Gasteiger partial charge in [0.25, 0.3) is 5.91 Å². The molecule has 0 fully saturated rings. The van der Waals surface area contributed by atoms with Gasteiger partial charge in [0.15, 0.2) is 0 Å². The lowest BCUT2D eigenvalue weighted by Crippen LogP contribution is -2.39. The first-order valence-electron chi connectivity index (χ1n) is 8.26. The molecule has 2 aromatic carbocycles. The predicted molar refractivity (Wildman–Crippen MR) is 96.1 cm³/mol. The van der Waals surface area contributed by atoms with Crippen molar-refractivity contribution in [1.29, 1.82) is 0 Å². The maximum absolute atomic E-state index is 13.2. The molecule has 0 atom stereocenters. The summed E-state index contributed by atoms with van der Waals surface area (Å²) in [5.74, 6) is -1.09. The summed E-state index contributed by atoms with van der Waals surface area (Å²) >= 11 is 0. The number of carbonyl (C=O) groups excluding carboxylic acids is 1. The van der Waals surface area contributed by atoms with Gasteiger partial charge < -0.3 is 14.6 Å². The SMILES string of the molecule is Cc1ccc2c(c1)c1c(n2CC(=O)O)C(=O)N(c2ccccc2)CC1. The van der Waals surface area contributed by atoms with E-state index < -0.39 is 5.97 Å². The number of carboxylic acids is 1. The van der Waals surface area contributed by atoms with Crippen molar-refractivity contribution in [1.82, 2.24) is 4.57 Å². The van der Waals surface area contributed by atoms with Crippen molar-refractivity contribution in [2.75, 3.05) is 11.4 Å². The van der Waals surface area contributed by atoms with E-state index in [9.17, 15) is 14.7 Å².